The van der Waals surface area contributed by atoms with E-state index < -0.39 is 0 Å². The van der Waals surface area contributed by atoms with Crippen LogP contribution in [0.15, 0.2) is 24.5 Å². The second kappa shape index (κ2) is 6.63. The minimum atomic E-state index is -0.107. The minimum Gasteiger partial charge on any atom is -0.355 e. The number of pyridine rings is 1. The van der Waals surface area contributed by atoms with Crippen molar-refractivity contribution in [2.45, 2.75) is 25.1 Å². The van der Waals surface area contributed by atoms with Crippen LogP contribution in [0.5, 0.6) is 0 Å². The predicted molar refractivity (Wildman–Crippen MR) is 68.5 cm³/mol. The molecule has 1 atom stereocenters. The summed E-state index contributed by atoms with van der Waals surface area (Å²) in [6.07, 6.45) is 4.36. The van der Waals surface area contributed by atoms with E-state index in [-0.39, 0.29) is 10.7 Å². The van der Waals surface area contributed by atoms with Gasteiger partial charge in [0.15, 0.2) is 0 Å². The fourth-order valence-corrected chi connectivity index (χ4v) is 1.44. The molecule has 0 aliphatic carbocycles. The molecule has 1 N–H and O–H groups in total. The Kier molecular flexibility index (Phi) is 5.46. The molecule has 0 saturated carbocycles. The molecule has 3 nitrogen and oxygen atoms in total. The topological polar surface area (TPSA) is 42.0 Å². The summed E-state index contributed by atoms with van der Waals surface area (Å²) in [5.74, 6) is 0.366. The van der Waals surface area contributed by atoms with Gasteiger partial charge < -0.3 is 5.32 Å². The van der Waals surface area contributed by atoms with E-state index in [2.05, 4.69) is 26.2 Å². The smallest absolute Gasteiger partial charge is 0.234 e. The Morgan fingerprint density at radius 2 is 2.06 bits per heavy atom. The lowest BCUT2D eigenvalue weighted by molar-refractivity contribution is -0.121. The van der Waals surface area contributed by atoms with Crippen LogP contribution in [0.25, 0.3) is 0 Å². The maximum Gasteiger partial charge on any atom is 0.234 e. The van der Waals surface area contributed by atoms with Gasteiger partial charge >= 0.3 is 0 Å². The summed E-state index contributed by atoms with van der Waals surface area (Å²) >= 11 is 3.37. The molecule has 0 fully saturated rings. The minimum absolute atomic E-state index is 0.0593. The average Bonchev–Trinajstić information content (AvgIpc) is 2.29. The molecule has 1 amide bonds. The summed E-state index contributed by atoms with van der Waals surface area (Å²) in [7, 11) is 0. The fraction of sp³-hybridized carbons (Fsp3) is 0.500. The molecule has 16 heavy (non-hydrogen) atoms. The van der Waals surface area contributed by atoms with Crippen molar-refractivity contribution in [3.8, 4) is 0 Å². The van der Waals surface area contributed by atoms with Crippen LogP contribution in [0.1, 0.15) is 19.4 Å². The van der Waals surface area contributed by atoms with E-state index in [1.165, 1.54) is 5.56 Å². The zero-order valence-electron chi connectivity index (χ0n) is 9.61. The quantitative estimate of drug-likeness (QED) is 0.842. The number of nitrogens with one attached hydrogen (secondary N) is 1. The summed E-state index contributed by atoms with van der Waals surface area (Å²) in [4.78, 5) is 15.4. The lowest BCUT2D eigenvalue weighted by atomic mass is 10.1. The molecule has 0 aliphatic heterocycles. The van der Waals surface area contributed by atoms with Crippen molar-refractivity contribution < 1.29 is 4.79 Å². The van der Waals surface area contributed by atoms with Crippen molar-refractivity contribution in [3.63, 3.8) is 0 Å². The molecule has 1 heterocycles. The van der Waals surface area contributed by atoms with Gasteiger partial charge in [-0.3, -0.25) is 9.78 Å². The molecule has 0 saturated heterocycles. The Hall–Kier alpha value is -0.900. The van der Waals surface area contributed by atoms with Crippen LogP contribution in [0.4, 0.5) is 0 Å². The highest BCUT2D eigenvalue weighted by molar-refractivity contribution is 9.10. The van der Waals surface area contributed by atoms with E-state index >= 15 is 0 Å². The summed E-state index contributed by atoms with van der Waals surface area (Å²) < 4.78 is 0. The van der Waals surface area contributed by atoms with E-state index in [1.807, 2.05) is 26.0 Å². The maximum absolute atomic E-state index is 11.6. The Morgan fingerprint density at radius 3 is 2.62 bits per heavy atom. The number of amides is 1. The summed E-state index contributed by atoms with van der Waals surface area (Å²) in [6, 6.07) is 3.92. The van der Waals surface area contributed by atoms with Crippen LogP contribution in [0.3, 0.4) is 0 Å². The molecule has 1 aromatic rings. The van der Waals surface area contributed by atoms with Crippen molar-refractivity contribution in [1.29, 1.82) is 0 Å². The van der Waals surface area contributed by atoms with Crippen molar-refractivity contribution >= 4 is 21.8 Å². The van der Waals surface area contributed by atoms with E-state index in [0.29, 0.717) is 12.5 Å². The number of carbonyl (C=O) groups excluding carboxylic acids is 1. The number of carbonyl (C=O) groups is 1. The summed E-state index contributed by atoms with van der Waals surface area (Å²) in [6.45, 7) is 4.70. The molecule has 0 radical (unpaired) electrons. The third-order valence-corrected chi connectivity index (χ3v) is 3.77. The largest absolute Gasteiger partial charge is 0.355 e. The Morgan fingerprint density at radius 1 is 1.44 bits per heavy atom. The lowest BCUT2D eigenvalue weighted by Gasteiger charge is -2.13. The van der Waals surface area contributed by atoms with Gasteiger partial charge in [-0.1, -0.05) is 29.8 Å². The van der Waals surface area contributed by atoms with E-state index in [0.717, 1.165) is 6.42 Å². The number of alkyl halides is 1. The van der Waals surface area contributed by atoms with Crippen LogP contribution in [-0.2, 0) is 11.2 Å². The van der Waals surface area contributed by atoms with Gasteiger partial charge in [0.25, 0.3) is 0 Å². The first kappa shape index (κ1) is 13.2. The van der Waals surface area contributed by atoms with Gasteiger partial charge in [0.1, 0.15) is 0 Å². The van der Waals surface area contributed by atoms with Gasteiger partial charge in [-0.15, -0.1) is 0 Å². The van der Waals surface area contributed by atoms with Gasteiger partial charge in [-0.2, -0.15) is 0 Å². The number of aromatic nitrogens is 1. The first-order valence-electron chi connectivity index (χ1n) is 5.42. The highest BCUT2D eigenvalue weighted by Gasteiger charge is 2.17. The molecule has 0 aliphatic rings. The second-order valence-corrected chi connectivity index (χ2v) is 5.03. The van der Waals surface area contributed by atoms with Crippen molar-refractivity contribution in [3.05, 3.63) is 30.1 Å². The van der Waals surface area contributed by atoms with Gasteiger partial charge in [0.2, 0.25) is 5.91 Å². The van der Waals surface area contributed by atoms with Gasteiger partial charge in [0.05, 0.1) is 4.83 Å². The van der Waals surface area contributed by atoms with E-state index in [9.17, 15) is 4.79 Å². The number of halogens is 1. The van der Waals surface area contributed by atoms with E-state index in [1.54, 1.807) is 12.4 Å². The van der Waals surface area contributed by atoms with Crippen molar-refractivity contribution in [2.75, 3.05) is 6.54 Å². The predicted octanol–water partition coefficient (Wildman–Crippen LogP) is 2.16. The number of rotatable bonds is 5. The zero-order valence-corrected chi connectivity index (χ0v) is 11.2. The van der Waals surface area contributed by atoms with Gasteiger partial charge in [0, 0.05) is 18.9 Å². The number of nitrogens with zero attached hydrogens (tertiary/aromatic N) is 1. The molecular weight excluding hydrogens is 268 g/mol. The standard InChI is InChI=1S/C12H17BrN2O/c1-9(2)11(13)12(16)15-8-5-10-3-6-14-7-4-10/h3-4,6-7,9,11H,5,8H2,1-2H3,(H,15,16). The lowest BCUT2D eigenvalue weighted by Crippen LogP contribution is -2.35. The fourth-order valence-electron chi connectivity index (χ4n) is 1.28. The molecule has 0 bridgehead atoms. The summed E-state index contributed by atoms with van der Waals surface area (Å²) in [5.41, 5.74) is 1.19. The van der Waals surface area contributed by atoms with Crippen molar-refractivity contribution in [2.24, 2.45) is 5.92 Å². The number of hydrogen-bond donors (Lipinski definition) is 1. The first-order chi connectivity index (χ1) is 7.61. The molecule has 0 aromatic carbocycles. The van der Waals surface area contributed by atoms with Gasteiger partial charge in [-0.05, 0) is 30.0 Å². The Balaban J connectivity index is 2.28. The maximum atomic E-state index is 11.6. The van der Waals surface area contributed by atoms with Crippen LogP contribution in [0, 0.1) is 5.92 Å². The highest BCUT2D eigenvalue weighted by Crippen LogP contribution is 2.11. The van der Waals surface area contributed by atoms with Gasteiger partial charge in [-0.25, -0.2) is 0 Å². The molecule has 1 aromatic heterocycles. The van der Waals surface area contributed by atoms with Crippen molar-refractivity contribution in [1.82, 2.24) is 10.3 Å². The third-order valence-electron chi connectivity index (χ3n) is 2.30. The molecule has 0 spiro atoms. The Labute approximate surface area is 105 Å². The molecule has 1 unspecified atom stereocenters. The molecular formula is C12H17BrN2O. The Bertz CT molecular complexity index is 327. The van der Waals surface area contributed by atoms with E-state index in [4.69, 9.17) is 0 Å². The average molecular weight is 285 g/mol. The first-order valence-corrected chi connectivity index (χ1v) is 6.33. The second-order valence-electron chi connectivity index (χ2n) is 4.04. The SMILES string of the molecule is CC(C)C(Br)C(=O)NCCc1ccncc1. The van der Waals surface area contributed by atoms with Crippen LogP contribution in [0.2, 0.25) is 0 Å². The molecule has 4 heteroatoms. The van der Waals surface area contributed by atoms with Crippen LogP contribution < -0.4 is 5.32 Å². The molecule has 88 valence electrons. The monoisotopic (exact) mass is 284 g/mol. The molecule has 1 rings (SSSR count). The summed E-state index contributed by atoms with van der Waals surface area (Å²) in [5, 5.41) is 2.91. The van der Waals surface area contributed by atoms with Crippen LogP contribution in [-0.4, -0.2) is 22.3 Å². The van der Waals surface area contributed by atoms with Crippen LogP contribution >= 0.6 is 15.9 Å². The normalized spacial score (nSPS) is 12.5. The zero-order chi connectivity index (χ0) is 12.0. The number of hydrogen-bond acceptors (Lipinski definition) is 2. The third kappa shape index (κ3) is 4.31. The highest BCUT2D eigenvalue weighted by atomic mass is 79.9.